The molecule has 0 saturated carbocycles. The zero-order chi connectivity index (χ0) is 37.7. The van der Waals surface area contributed by atoms with Gasteiger partial charge in [0.15, 0.2) is 23.5 Å². The minimum absolute atomic E-state index is 0.0412. The summed E-state index contributed by atoms with van der Waals surface area (Å²) < 4.78 is 45.6. The minimum Gasteiger partial charge on any atom is -0.507 e. The lowest BCUT2D eigenvalue weighted by molar-refractivity contribution is -0.318. The van der Waals surface area contributed by atoms with Gasteiger partial charge in [0, 0.05) is 17.7 Å². The zero-order valence-electron chi connectivity index (χ0n) is 28.3. The molecule has 0 unspecified atom stereocenters. The lowest BCUT2D eigenvalue weighted by atomic mass is 9.98. The molecule has 2 aromatic carbocycles. The van der Waals surface area contributed by atoms with Crippen LogP contribution in [0.3, 0.4) is 0 Å². The van der Waals surface area contributed by atoms with Crippen LogP contribution in [0.25, 0.3) is 22.3 Å². The lowest BCUT2D eigenvalue weighted by Gasteiger charge is -2.42. The summed E-state index contributed by atoms with van der Waals surface area (Å²) in [5.74, 6) is -0.875. The van der Waals surface area contributed by atoms with Crippen molar-refractivity contribution in [2.24, 2.45) is 0 Å². The van der Waals surface area contributed by atoms with Crippen molar-refractivity contribution in [2.75, 3.05) is 39.6 Å². The van der Waals surface area contributed by atoms with Crippen molar-refractivity contribution in [3.05, 3.63) is 40.6 Å². The molecule has 0 bridgehead atoms. The van der Waals surface area contributed by atoms with Crippen LogP contribution in [-0.2, 0) is 14.2 Å². The molecular formula is C34H44O18. The summed E-state index contributed by atoms with van der Waals surface area (Å²) in [4.78, 5) is 14.1. The van der Waals surface area contributed by atoms with Crippen molar-refractivity contribution in [3.63, 3.8) is 0 Å². The second kappa shape index (κ2) is 17.4. The molecule has 2 fully saturated rings. The van der Waals surface area contributed by atoms with E-state index in [9.17, 15) is 50.8 Å². The van der Waals surface area contributed by atoms with Crippen LogP contribution in [0.4, 0.5) is 0 Å². The Bertz CT molecular complexity index is 1700. The molecular weight excluding hydrogens is 696 g/mol. The first-order valence-electron chi connectivity index (χ1n) is 16.7. The van der Waals surface area contributed by atoms with E-state index in [1.54, 1.807) is 0 Å². The SMILES string of the molecule is CCCOc1cc(-c2oc3cc(OCCO)cc(O)c3c(=O)c2O[C@@H]2O[C@H](CO[C@@H]3O[C@@H](C)[C@H](O)[C@@H](O)[C@H]3O)[C@@H](O)[C@H](O)[C@H]2O)ccc1OCCO. The van der Waals surface area contributed by atoms with Crippen molar-refractivity contribution in [1.82, 2.24) is 0 Å². The van der Waals surface area contributed by atoms with E-state index < -0.39 is 84.9 Å². The smallest absolute Gasteiger partial charge is 0.239 e. The molecule has 2 saturated heterocycles. The van der Waals surface area contributed by atoms with E-state index in [4.69, 9.17) is 37.6 Å². The maximum Gasteiger partial charge on any atom is 0.239 e. The molecule has 3 heterocycles. The molecule has 52 heavy (non-hydrogen) atoms. The molecule has 9 N–H and O–H groups in total. The fourth-order valence-electron chi connectivity index (χ4n) is 5.66. The average Bonchev–Trinajstić information content (AvgIpc) is 3.13. The first-order valence-corrected chi connectivity index (χ1v) is 16.7. The van der Waals surface area contributed by atoms with E-state index in [0.29, 0.717) is 6.42 Å². The molecule has 2 aliphatic rings. The van der Waals surface area contributed by atoms with Crippen LogP contribution in [-0.4, -0.2) is 147 Å². The Morgan fingerprint density at radius 2 is 1.42 bits per heavy atom. The van der Waals surface area contributed by atoms with Crippen LogP contribution < -0.4 is 24.4 Å². The molecule has 0 aliphatic carbocycles. The highest BCUT2D eigenvalue weighted by Gasteiger charge is 2.48. The predicted molar refractivity (Wildman–Crippen MR) is 176 cm³/mol. The van der Waals surface area contributed by atoms with Gasteiger partial charge in [-0.1, -0.05) is 6.92 Å². The number of rotatable bonds is 15. The molecule has 18 nitrogen and oxygen atoms in total. The number of benzene rings is 2. The molecule has 0 radical (unpaired) electrons. The highest BCUT2D eigenvalue weighted by molar-refractivity contribution is 5.88. The molecule has 1 aromatic heterocycles. The van der Waals surface area contributed by atoms with E-state index in [1.807, 2.05) is 6.92 Å². The summed E-state index contributed by atoms with van der Waals surface area (Å²) in [6, 6.07) is 6.90. The van der Waals surface area contributed by atoms with Crippen molar-refractivity contribution >= 4 is 11.0 Å². The number of aliphatic hydroxyl groups excluding tert-OH is 8. The Hall–Kier alpha value is -3.79. The quantitative estimate of drug-likeness (QED) is 0.0878. The van der Waals surface area contributed by atoms with Crippen LogP contribution >= 0.6 is 0 Å². The lowest BCUT2D eigenvalue weighted by Crippen LogP contribution is -2.61. The van der Waals surface area contributed by atoms with Crippen LogP contribution in [0.2, 0.25) is 0 Å². The average molecular weight is 741 g/mol. The minimum atomic E-state index is -1.96. The molecule has 0 spiro atoms. The van der Waals surface area contributed by atoms with Gasteiger partial charge in [-0.2, -0.15) is 0 Å². The van der Waals surface area contributed by atoms with Crippen molar-refractivity contribution < 1.29 is 83.5 Å². The zero-order valence-corrected chi connectivity index (χ0v) is 28.3. The fourth-order valence-corrected chi connectivity index (χ4v) is 5.66. The van der Waals surface area contributed by atoms with Crippen molar-refractivity contribution in [2.45, 2.75) is 81.7 Å². The molecule has 3 aromatic rings. The molecule has 10 atom stereocenters. The Morgan fingerprint density at radius 3 is 2.13 bits per heavy atom. The highest BCUT2D eigenvalue weighted by atomic mass is 16.7. The first-order chi connectivity index (χ1) is 24.9. The van der Waals surface area contributed by atoms with E-state index in [1.165, 1.54) is 31.2 Å². The van der Waals surface area contributed by atoms with Gasteiger partial charge in [0.25, 0.3) is 0 Å². The van der Waals surface area contributed by atoms with E-state index in [2.05, 4.69) is 0 Å². The Morgan fingerprint density at radius 1 is 0.750 bits per heavy atom. The Balaban J connectivity index is 1.53. The number of ether oxygens (including phenoxy) is 7. The third kappa shape index (κ3) is 8.37. The number of fused-ring (bicyclic) bond motifs is 1. The summed E-state index contributed by atoms with van der Waals surface area (Å²) in [7, 11) is 0. The highest BCUT2D eigenvalue weighted by Crippen LogP contribution is 2.40. The van der Waals surface area contributed by atoms with Gasteiger partial charge in [-0.3, -0.25) is 4.79 Å². The Labute approximate surface area is 296 Å². The Kier molecular flexibility index (Phi) is 13.2. The molecule has 288 valence electrons. The van der Waals surface area contributed by atoms with Crippen molar-refractivity contribution in [1.29, 1.82) is 0 Å². The van der Waals surface area contributed by atoms with Crippen LogP contribution in [0.5, 0.6) is 28.7 Å². The van der Waals surface area contributed by atoms with Crippen LogP contribution in [0.15, 0.2) is 39.5 Å². The van der Waals surface area contributed by atoms with Crippen molar-refractivity contribution in [3.8, 4) is 40.1 Å². The van der Waals surface area contributed by atoms with Gasteiger partial charge >= 0.3 is 0 Å². The molecule has 0 amide bonds. The first kappa shape index (κ1) is 39.4. The maximum atomic E-state index is 14.1. The summed E-state index contributed by atoms with van der Waals surface area (Å²) in [6.45, 7) is 2.23. The van der Waals surface area contributed by atoms with Gasteiger partial charge < -0.3 is 83.5 Å². The number of aromatic hydroxyl groups is 1. The van der Waals surface area contributed by atoms with Gasteiger partial charge in [0.1, 0.15) is 78.4 Å². The third-order valence-corrected chi connectivity index (χ3v) is 8.42. The fraction of sp³-hybridized carbons (Fsp3) is 0.559. The molecule has 18 heteroatoms. The predicted octanol–water partition coefficient (Wildman–Crippen LogP) is -1.27. The maximum absolute atomic E-state index is 14.1. The molecule has 5 rings (SSSR count). The normalized spacial score (nSPS) is 29.2. The van der Waals surface area contributed by atoms with Gasteiger partial charge in [0.05, 0.1) is 32.5 Å². The van der Waals surface area contributed by atoms with Crippen LogP contribution in [0, 0.1) is 0 Å². The van der Waals surface area contributed by atoms with E-state index in [-0.39, 0.29) is 72.6 Å². The molecule has 2 aliphatic heterocycles. The monoisotopic (exact) mass is 740 g/mol. The van der Waals surface area contributed by atoms with Gasteiger partial charge in [-0.25, -0.2) is 0 Å². The standard InChI is InChI=1S/C34H44O18/c1-3-8-46-20-11-16(4-5-19(20)47-10-7-36)31-32(26(40)23-18(37)12-17(45-9-6-35)13-21(23)50-31)52-34-30(44)28(42)25(39)22(51-34)14-48-33-29(43)27(41)24(38)15(2)49-33/h4-5,11-13,15,22,24-25,27-30,33-39,41-44H,3,6-10,14H2,1-2H3/t15-,22+,24-,25+,27+,28-,29+,30+,33+,34-/m0/s1. The summed E-state index contributed by atoms with van der Waals surface area (Å²) in [5.41, 5.74) is -0.915. The van der Waals surface area contributed by atoms with Crippen LogP contribution in [0.1, 0.15) is 20.3 Å². The summed E-state index contributed by atoms with van der Waals surface area (Å²) in [5, 5.41) is 91.9. The number of phenols is 1. The number of hydrogen-bond donors (Lipinski definition) is 9. The number of phenolic OH excluding ortho intramolecular Hbond substituents is 1. The summed E-state index contributed by atoms with van der Waals surface area (Å²) >= 11 is 0. The van der Waals surface area contributed by atoms with Gasteiger partial charge in [0.2, 0.25) is 17.5 Å². The largest absolute Gasteiger partial charge is 0.507 e. The number of aliphatic hydroxyl groups is 8. The van der Waals surface area contributed by atoms with Gasteiger partial charge in [-0.15, -0.1) is 0 Å². The summed E-state index contributed by atoms with van der Waals surface area (Å²) in [6.07, 6.45) is -15.5. The van der Waals surface area contributed by atoms with E-state index in [0.717, 1.165) is 6.07 Å². The van der Waals surface area contributed by atoms with Gasteiger partial charge in [-0.05, 0) is 31.5 Å². The number of hydrogen-bond acceptors (Lipinski definition) is 18. The second-order valence-electron chi connectivity index (χ2n) is 12.2. The topological polar surface area (TPSA) is 277 Å². The van der Waals surface area contributed by atoms with E-state index >= 15 is 0 Å². The third-order valence-electron chi connectivity index (χ3n) is 8.42. The second-order valence-corrected chi connectivity index (χ2v) is 12.2.